The Morgan fingerprint density at radius 2 is 2.44 bits per heavy atom. The first-order valence-corrected chi connectivity index (χ1v) is 4.66. The molecule has 54 valence electrons. The van der Waals surface area contributed by atoms with Crippen molar-refractivity contribution in [3.05, 3.63) is 0 Å². The molecule has 0 saturated carbocycles. The van der Waals surface area contributed by atoms with E-state index in [0.29, 0.717) is 0 Å². The Morgan fingerprint density at radius 3 is 2.89 bits per heavy atom. The molecule has 0 radical (unpaired) electrons. The summed E-state index contributed by atoms with van der Waals surface area (Å²) < 4.78 is 0. The molecule has 0 amide bonds. The average Bonchev–Trinajstić information content (AvgIpc) is 1.88. The summed E-state index contributed by atoms with van der Waals surface area (Å²) >= 11 is 2.08. The molecule has 1 nitrogen and oxygen atoms in total. The minimum absolute atomic E-state index is 0.730. The Hall–Kier alpha value is 0.310. The van der Waals surface area contributed by atoms with Crippen LogP contribution in [0.1, 0.15) is 26.7 Å². The Morgan fingerprint density at radius 1 is 1.67 bits per heavy atom. The molecule has 1 aliphatic heterocycles. The lowest BCUT2D eigenvalue weighted by Crippen LogP contribution is -2.34. The van der Waals surface area contributed by atoms with Crippen LogP contribution in [0, 0.1) is 0 Å². The standard InChI is InChI=1S/C7H15NS/c1-3-7-8-5-4-6(2)9-7/h6-8H,3-5H2,1-2H3. The van der Waals surface area contributed by atoms with Gasteiger partial charge in [-0.3, -0.25) is 0 Å². The highest BCUT2D eigenvalue weighted by Gasteiger charge is 2.15. The first kappa shape index (κ1) is 7.42. The molecule has 1 heterocycles. The summed E-state index contributed by atoms with van der Waals surface area (Å²) in [5.41, 5.74) is 0. The van der Waals surface area contributed by atoms with Crippen LogP contribution in [0.5, 0.6) is 0 Å². The summed E-state index contributed by atoms with van der Waals surface area (Å²) in [5, 5.41) is 5.06. The van der Waals surface area contributed by atoms with E-state index in [1.807, 2.05) is 0 Å². The zero-order valence-electron chi connectivity index (χ0n) is 6.18. The van der Waals surface area contributed by atoms with E-state index >= 15 is 0 Å². The van der Waals surface area contributed by atoms with Crippen molar-refractivity contribution in [3.63, 3.8) is 0 Å². The van der Waals surface area contributed by atoms with E-state index in [0.717, 1.165) is 10.6 Å². The highest BCUT2D eigenvalue weighted by molar-refractivity contribution is 8.00. The summed E-state index contributed by atoms with van der Waals surface area (Å²) in [6.45, 7) is 5.77. The summed E-state index contributed by atoms with van der Waals surface area (Å²) in [6, 6.07) is 0. The molecule has 0 aliphatic carbocycles. The second-order valence-electron chi connectivity index (χ2n) is 2.59. The molecule has 0 aromatic rings. The number of rotatable bonds is 1. The van der Waals surface area contributed by atoms with Gasteiger partial charge in [-0.15, -0.1) is 11.8 Å². The summed E-state index contributed by atoms with van der Waals surface area (Å²) in [7, 11) is 0. The minimum atomic E-state index is 0.730. The van der Waals surface area contributed by atoms with Crippen molar-refractivity contribution in [2.45, 2.75) is 37.3 Å². The van der Waals surface area contributed by atoms with Crippen LogP contribution in [0.2, 0.25) is 0 Å². The second-order valence-corrected chi connectivity index (χ2v) is 4.23. The predicted octanol–water partition coefficient (Wildman–Crippen LogP) is 1.84. The Balaban J connectivity index is 2.23. The van der Waals surface area contributed by atoms with Gasteiger partial charge >= 0.3 is 0 Å². The van der Waals surface area contributed by atoms with Crippen LogP contribution in [0.4, 0.5) is 0 Å². The first-order valence-electron chi connectivity index (χ1n) is 3.71. The molecule has 1 aliphatic rings. The van der Waals surface area contributed by atoms with Gasteiger partial charge < -0.3 is 5.32 Å². The van der Waals surface area contributed by atoms with Gasteiger partial charge in [0.25, 0.3) is 0 Å². The smallest absolute Gasteiger partial charge is 0.0532 e. The molecular weight excluding hydrogens is 130 g/mol. The van der Waals surface area contributed by atoms with Gasteiger partial charge in [-0.25, -0.2) is 0 Å². The highest BCUT2D eigenvalue weighted by atomic mass is 32.2. The molecule has 1 fully saturated rings. The van der Waals surface area contributed by atoms with E-state index in [1.54, 1.807) is 0 Å². The van der Waals surface area contributed by atoms with Gasteiger partial charge in [-0.05, 0) is 19.4 Å². The first-order chi connectivity index (χ1) is 4.33. The van der Waals surface area contributed by atoms with E-state index in [-0.39, 0.29) is 0 Å². The lowest BCUT2D eigenvalue weighted by atomic mass is 10.3. The van der Waals surface area contributed by atoms with E-state index in [2.05, 4.69) is 30.9 Å². The maximum atomic E-state index is 3.46. The zero-order chi connectivity index (χ0) is 6.69. The highest BCUT2D eigenvalue weighted by Crippen LogP contribution is 2.23. The van der Waals surface area contributed by atoms with Gasteiger partial charge in [0.15, 0.2) is 0 Å². The van der Waals surface area contributed by atoms with Crippen LogP contribution >= 0.6 is 11.8 Å². The van der Waals surface area contributed by atoms with Crippen molar-refractivity contribution in [2.75, 3.05) is 6.54 Å². The van der Waals surface area contributed by atoms with Gasteiger partial charge in [0, 0.05) is 5.25 Å². The molecule has 0 aromatic heterocycles. The molecule has 1 rings (SSSR count). The van der Waals surface area contributed by atoms with Crippen molar-refractivity contribution in [2.24, 2.45) is 0 Å². The predicted molar refractivity (Wildman–Crippen MR) is 43.8 cm³/mol. The third-order valence-corrected chi connectivity index (χ3v) is 3.22. The quantitative estimate of drug-likeness (QED) is 0.604. The number of hydrogen-bond donors (Lipinski definition) is 1. The van der Waals surface area contributed by atoms with E-state index < -0.39 is 0 Å². The van der Waals surface area contributed by atoms with Crippen molar-refractivity contribution >= 4 is 11.8 Å². The summed E-state index contributed by atoms with van der Waals surface area (Å²) in [5.74, 6) is 0. The number of thioether (sulfide) groups is 1. The minimum Gasteiger partial charge on any atom is -0.305 e. The van der Waals surface area contributed by atoms with Crippen LogP contribution in [-0.2, 0) is 0 Å². The molecule has 2 atom stereocenters. The fraction of sp³-hybridized carbons (Fsp3) is 1.00. The molecule has 0 aromatic carbocycles. The third-order valence-electron chi connectivity index (χ3n) is 1.69. The van der Waals surface area contributed by atoms with Gasteiger partial charge in [-0.1, -0.05) is 13.8 Å². The van der Waals surface area contributed by atoms with E-state index in [9.17, 15) is 0 Å². The number of nitrogens with one attached hydrogen (secondary N) is 1. The molecule has 1 N–H and O–H groups in total. The maximum absolute atomic E-state index is 3.46. The molecule has 1 saturated heterocycles. The van der Waals surface area contributed by atoms with E-state index in [4.69, 9.17) is 0 Å². The van der Waals surface area contributed by atoms with Gasteiger partial charge in [-0.2, -0.15) is 0 Å². The largest absolute Gasteiger partial charge is 0.305 e. The monoisotopic (exact) mass is 145 g/mol. The molecule has 9 heavy (non-hydrogen) atoms. The van der Waals surface area contributed by atoms with E-state index in [1.165, 1.54) is 19.4 Å². The molecular formula is C7H15NS. The van der Waals surface area contributed by atoms with Gasteiger partial charge in [0.05, 0.1) is 5.37 Å². The lowest BCUT2D eigenvalue weighted by molar-refractivity contribution is 0.578. The van der Waals surface area contributed by atoms with Gasteiger partial charge in [0.1, 0.15) is 0 Å². The lowest BCUT2D eigenvalue weighted by Gasteiger charge is -2.26. The number of hydrogen-bond acceptors (Lipinski definition) is 2. The Bertz CT molecular complexity index is 85.0. The Kier molecular flexibility index (Phi) is 2.86. The third kappa shape index (κ3) is 2.18. The van der Waals surface area contributed by atoms with Crippen molar-refractivity contribution < 1.29 is 0 Å². The fourth-order valence-electron chi connectivity index (χ4n) is 1.08. The topological polar surface area (TPSA) is 12.0 Å². The average molecular weight is 145 g/mol. The second kappa shape index (κ2) is 3.47. The molecule has 2 heteroatoms. The Labute approximate surface area is 61.6 Å². The maximum Gasteiger partial charge on any atom is 0.0532 e. The van der Waals surface area contributed by atoms with Crippen molar-refractivity contribution in [1.29, 1.82) is 0 Å². The fourth-order valence-corrected chi connectivity index (χ4v) is 2.31. The zero-order valence-corrected chi connectivity index (χ0v) is 7.00. The van der Waals surface area contributed by atoms with Crippen LogP contribution in [0.25, 0.3) is 0 Å². The van der Waals surface area contributed by atoms with Crippen molar-refractivity contribution in [1.82, 2.24) is 5.32 Å². The molecule has 2 unspecified atom stereocenters. The van der Waals surface area contributed by atoms with Crippen LogP contribution < -0.4 is 5.32 Å². The van der Waals surface area contributed by atoms with Crippen LogP contribution in [0.3, 0.4) is 0 Å². The summed E-state index contributed by atoms with van der Waals surface area (Å²) in [4.78, 5) is 0. The van der Waals surface area contributed by atoms with Crippen molar-refractivity contribution in [3.8, 4) is 0 Å². The normalized spacial score (nSPS) is 36.7. The van der Waals surface area contributed by atoms with Crippen LogP contribution in [-0.4, -0.2) is 17.2 Å². The van der Waals surface area contributed by atoms with Crippen LogP contribution in [0.15, 0.2) is 0 Å². The molecule has 0 bridgehead atoms. The van der Waals surface area contributed by atoms with Gasteiger partial charge in [0.2, 0.25) is 0 Å². The summed E-state index contributed by atoms with van der Waals surface area (Å²) in [6.07, 6.45) is 2.59. The molecule has 0 spiro atoms. The SMILES string of the molecule is CCC1NCCC(C)S1.